The fraction of sp³-hybridized carbons (Fsp3) is 1.00. The molecule has 1 atom stereocenters. The Morgan fingerprint density at radius 3 is 2.44 bits per heavy atom. The lowest BCUT2D eigenvalue weighted by Crippen LogP contribution is -2.55. The van der Waals surface area contributed by atoms with Crippen LogP contribution in [0, 0.1) is 0 Å². The molecule has 0 saturated heterocycles. The van der Waals surface area contributed by atoms with E-state index in [0.717, 1.165) is 0 Å². The van der Waals surface area contributed by atoms with E-state index in [0.29, 0.717) is 13.0 Å². The molecule has 98 valence electrons. The highest BCUT2D eigenvalue weighted by Crippen LogP contribution is 2.18. The van der Waals surface area contributed by atoms with Crippen LogP contribution in [0.25, 0.3) is 0 Å². The number of hydrogen-bond donors (Lipinski definition) is 2. The van der Waals surface area contributed by atoms with Gasteiger partial charge in [0.2, 0.25) is 0 Å². The van der Waals surface area contributed by atoms with E-state index in [-0.39, 0.29) is 13.1 Å². The zero-order chi connectivity index (χ0) is 12.8. The maximum Gasteiger partial charge on any atom is 0.279 e. The van der Waals surface area contributed by atoms with E-state index >= 15 is 0 Å². The summed E-state index contributed by atoms with van der Waals surface area (Å²) in [5, 5.41) is 0. The first-order chi connectivity index (χ1) is 7.34. The van der Waals surface area contributed by atoms with Crippen LogP contribution in [0.5, 0.6) is 0 Å². The highest BCUT2D eigenvalue weighted by molar-refractivity contribution is 7.87. The summed E-state index contributed by atoms with van der Waals surface area (Å²) >= 11 is 0. The minimum Gasteiger partial charge on any atom is -0.383 e. The van der Waals surface area contributed by atoms with E-state index in [9.17, 15) is 8.42 Å². The van der Waals surface area contributed by atoms with E-state index in [4.69, 9.17) is 10.5 Å². The molecular formula is C9H23N3O3S. The summed E-state index contributed by atoms with van der Waals surface area (Å²) in [5.74, 6) is 0. The van der Waals surface area contributed by atoms with Gasteiger partial charge in [0.1, 0.15) is 0 Å². The molecule has 0 aromatic heterocycles. The van der Waals surface area contributed by atoms with Gasteiger partial charge in [-0.05, 0) is 13.3 Å². The van der Waals surface area contributed by atoms with Crippen molar-refractivity contribution in [2.45, 2.75) is 25.8 Å². The van der Waals surface area contributed by atoms with Gasteiger partial charge in [-0.1, -0.05) is 6.92 Å². The van der Waals surface area contributed by atoms with Crippen LogP contribution >= 0.6 is 0 Å². The molecule has 0 fully saturated rings. The molecule has 0 amide bonds. The third-order valence-corrected chi connectivity index (χ3v) is 4.64. The first-order valence-electron chi connectivity index (χ1n) is 5.26. The van der Waals surface area contributed by atoms with Gasteiger partial charge in [-0.25, -0.2) is 0 Å². The average molecular weight is 253 g/mol. The Kier molecular flexibility index (Phi) is 6.42. The maximum absolute atomic E-state index is 11.9. The molecule has 0 radical (unpaired) electrons. The molecule has 1 unspecified atom stereocenters. The summed E-state index contributed by atoms with van der Waals surface area (Å²) in [4.78, 5) is 0. The van der Waals surface area contributed by atoms with Gasteiger partial charge in [0, 0.05) is 32.8 Å². The second-order valence-electron chi connectivity index (χ2n) is 3.91. The molecule has 0 aromatic rings. The Bertz CT molecular complexity index is 288. The minimum atomic E-state index is -3.49. The van der Waals surface area contributed by atoms with Crippen LogP contribution in [0.1, 0.15) is 20.3 Å². The van der Waals surface area contributed by atoms with Crippen molar-refractivity contribution >= 4 is 10.2 Å². The number of rotatable bonds is 8. The van der Waals surface area contributed by atoms with Gasteiger partial charge in [-0.2, -0.15) is 17.4 Å². The van der Waals surface area contributed by atoms with Crippen LogP contribution < -0.4 is 10.5 Å². The molecule has 0 spiro atoms. The predicted octanol–water partition coefficient (Wildman–Crippen LogP) is -0.474. The zero-order valence-electron chi connectivity index (χ0n) is 10.5. The molecule has 7 heteroatoms. The van der Waals surface area contributed by atoms with E-state index in [1.807, 2.05) is 13.8 Å². The average Bonchev–Trinajstić information content (AvgIpc) is 2.27. The second-order valence-corrected chi connectivity index (χ2v) is 5.70. The number of nitrogens with one attached hydrogen (secondary N) is 1. The van der Waals surface area contributed by atoms with Gasteiger partial charge in [-0.3, -0.25) is 0 Å². The van der Waals surface area contributed by atoms with Crippen molar-refractivity contribution in [1.29, 1.82) is 0 Å². The molecule has 0 aliphatic carbocycles. The van der Waals surface area contributed by atoms with Crippen molar-refractivity contribution in [2.24, 2.45) is 5.73 Å². The number of likely N-dealkylation sites (N-methyl/N-ethyl adjacent to an activating group) is 1. The van der Waals surface area contributed by atoms with Gasteiger partial charge in [0.25, 0.3) is 10.2 Å². The normalized spacial score (nSPS) is 16.4. The van der Waals surface area contributed by atoms with E-state index in [1.54, 1.807) is 0 Å². The number of ether oxygens (including phenoxy) is 1. The lowest BCUT2D eigenvalue weighted by molar-refractivity contribution is 0.201. The van der Waals surface area contributed by atoms with Crippen molar-refractivity contribution in [3.8, 4) is 0 Å². The Morgan fingerprint density at radius 1 is 1.50 bits per heavy atom. The Labute approximate surface area is 98.3 Å². The number of nitrogens with two attached hydrogens (primary N) is 1. The minimum absolute atomic E-state index is 0.257. The fourth-order valence-corrected chi connectivity index (χ4v) is 2.47. The molecule has 0 aliphatic heterocycles. The van der Waals surface area contributed by atoms with Crippen molar-refractivity contribution < 1.29 is 13.2 Å². The van der Waals surface area contributed by atoms with Gasteiger partial charge in [0.15, 0.2) is 0 Å². The Morgan fingerprint density at radius 2 is 2.06 bits per heavy atom. The quantitative estimate of drug-likeness (QED) is 0.573. The van der Waals surface area contributed by atoms with Crippen LogP contribution in [0.3, 0.4) is 0 Å². The Balaban J connectivity index is 4.62. The van der Waals surface area contributed by atoms with Gasteiger partial charge < -0.3 is 10.5 Å². The monoisotopic (exact) mass is 253 g/mol. The summed E-state index contributed by atoms with van der Waals surface area (Å²) in [7, 11) is -0.436. The molecule has 6 nitrogen and oxygen atoms in total. The van der Waals surface area contributed by atoms with Crippen molar-refractivity contribution in [3.63, 3.8) is 0 Å². The molecule has 0 heterocycles. The van der Waals surface area contributed by atoms with Crippen molar-refractivity contribution in [3.05, 3.63) is 0 Å². The molecule has 0 aromatic carbocycles. The summed E-state index contributed by atoms with van der Waals surface area (Å²) in [6, 6.07) is 0. The first kappa shape index (κ1) is 15.8. The number of nitrogens with zero attached hydrogens (tertiary/aromatic N) is 1. The highest BCUT2D eigenvalue weighted by Gasteiger charge is 2.33. The van der Waals surface area contributed by atoms with Crippen LogP contribution in [-0.4, -0.2) is 52.1 Å². The first-order valence-corrected chi connectivity index (χ1v) is 6.70. The lowest BCUT2D eigenvalue weighted by atomic mass is 10.00. The predicted molar refractivity (Wildman–Crippen MR) is 64.3 cm³/mol. The molecule has 0 rings (SSSR count). The lowest BCUT2D eigenvalue weighted by Gasteiger charge is -2.36. The molecular weight excluding hydrogens is 230 g/mol. The van der Waals surface area contributed by atoms with Gasteiger partial charge >= 0.3 is 0 Å². The summed E-state index contributed by atoms with van der Waals surface area (Å²) in [6.45, 7) is 4.62. The standard InChI is InChI=1S/C9H23N3O3S/c1-5-9(2,8-10)12(3)16(13,14)11-6-7-15-4/h11H,5-8,10H2,1-4H3. The Hall–Kier alpha value is -0.210. The van der Waals surface area contributed by atoms with Crippen LogP contribution in [0.15, 0.2) is 0 Å². The van der Waals surface area contributed by atoms with E-state index < -0.39 is 15.7 Å². The van der Waals surface area contributed by atoms with Gasteiger partial charge in [0.05, 0.1) is 6.61 Å². The van der Waals surface area contributed by atoms with Gasteiger partial charge in [-0.15, -0.1) is 0 Å². The zero-order valence-corrected chi connectivity index (χ0v) is 11.3. The van der Waals surface area contributed by atoms with E-state index in [2.05, 4.69) is 4.72 Å². The molecule has 16 heavy (non-hydrogen) atoms. The number of methoxy groups -OCH3 is 1. The smallest absolute Gasteiger partial charge is 0.279 e. The number of hydrogen-bond acceptors (Lipinski definition) is 4. The largest absolute Gasteiger partial charge is 0.383 e. The maximum atomic E-state index is 11.9. The van der Waals surface area contributed by atoms with Crippen molar-refractivity contribution in [2.75, 3.05) is 33.9 Å². The summed E-state index contributed by atoms with van der Waals surface area (Å²) < 4.78 is 32.3. The molecule has 3 N–H and O–H groups in total. The third kappa shape index (κ3) is 3.99. The molecule has 0 aliphatic rings. The highest BCUT2D eigenvalue weighted by atomic mass is 32.2. The van der Waals surface area contributed by atoms with Crippen LogP contribution in [0.4, 0.5) is 0 Å². The van der Waals surface area contributed by atoms with Crippen LogP contribution in [-0.2, 0) is 14.9 Å². The topological polar surface area (TPSA) is 84.7 Å². The fourth-order valence-electron chi connectivity index (χ4n) is 1.16. The molecule has 0 bridgehead atoms. The third-order valence-electron chi connectivity index (χ3n) is 2.91. The summed E-state index contributed by atoms with van der Waals surface area (Å²) in [6.07, 6.45) is 0.658. The van der Waals surface area contributed by atoms with Crippen LogP contribution in [0.2, 0.25) is 0 Å². The summed E-state index contributed by atoms with van der Waals surface area (Å²) in [5.41, 5.74) is 5.05. The SMILES string of the molecule is CCC(C)(CN)N(C)S(=O)(=O)NCCOC. The van der Waals surface area contributed by atoms with E-state index in [1.165, 1.54) is 18.5 Å². The van der Waals surface area contributed by atoms with Crippen molar-refractivity contribution in [1.82, 2.24) is 9.03 Å². The molecule has 0 saturated carbocycles. The second kappa shape index (κ2) is 6.51.